The Kier molecular flexibility index (Phi) is 7.10. The first-order valence-electron chi connectivity index (χ1n) is 9.81. The first-order chi connectivity index (χ1) is 13.1. The van der Waals surface area contributed by atoms with Crippen LogP contribution in [0.25, 0.3) is 0 Å². The molecule has 1 saturated heterocycles. The maximum absolute atomic E-state index is 4.55. The van der Waals surface area contributed by atoms with Crippen LogP contribution in [0.1, 0.15) is 30.2 Å². The Morgan fingerprint density at radius 2 is 2.15 bits per heavy atom. The standard InChI is InChI=1S/C21H31N5S/c1-16-6-7-20(23-14-16)26-10-8-18(9-11-26)25-21(22-3)24-15-17(2)13-19-5-4-12-27-19/h4-7,12,14,17-18H,8-11,13,15H2,1-3H3,(H2,22,24,25). The minimum absolute atomic E-state index is 0.463. The highest BCUT2D eigenvalue weighted by Crippen LogP contribution is 2.18. The quantitative estimate of drug-likeness (QED) is 0.591. The van der Waals surface area contributed by atoms with E-state index < -0.39 is 0 Å². The molecule has 146 valence electrons. The number of hydrogen-bond acceptors (Lipinski definition) is 4. The number of hydrogen-bond donors (Lipinski definition) is 2. The van der Waals surface area contributed by atoms with Crippen LogP contribution in [0.15, 0.2) is 40.8 Å². The molecule has 2 N–H and O–H groups in total. The van der Waals surface area contributed by atoms with Gasteiger partial charge in [0.15, 0.2) is 5.96 Å². The summed E-state index contributed by atoms with van der Waals surface area (Å²) in [7, 11) is 1.85. The fourth-order valence-electron chi connectivity index (χ4n) is 3.40. The summed E-state index contributed by atoms with van der Waals surface area (Å²) in [6, 6.07) is 9.06. The Bertz CT molecular complexity index is 703. The summed E-state index contributed by atoms with van der Waals surface area (Å²) >= 11 is 1.84. The van der Waals surface area contributed by atoms with Crippen molar-refractivity contribution in [1.29, 1.82) is 0 Å². The summed E-state index contributed by atoms with van der Waals surface area (Å²) in [5.74, 6) is 2.58. The molecule has 0 spiro atoms. The van der Waals surface area contributed by atoms with Gasteiger partial charge in [0.1, 0.15) is 5.82 Å². The molecule has 0 radical (unpaired) electrons. The van der Waals surface area contributed by atoms with Crippen LogP contribution in [0.3, 0.4) is 0 Å². The third-order valence-corrected chi connectivity index (χ3v) is 5.93. The second-order valence-electron chi connectivity index (χ2n) is 7.44. The molecule has 5 nitrogen and oxygen atoms in total. The molecule has 0 amide bonds. The van der Waals surface area contributed by atoms with Gasteiger partial charge in [0, 0.05) is 43.8 Å². The van der Waals surface area contributed by atoms with Gasteiger partial charge in [-0.1, -0.05) is 19.1 Å². The van der Waals surface area contributed by atoms with Gasteiger partial charge in [-0.25, -0.2) is 4.98 Å². The number of piperidine rings is 1. The predicted octanol–water partition coefficient (Wildman–Crippen LogP) is 3.46. The van der Waals surface area contributed by atoms with Gasteiger partial charge in [0.05, 0.1) is 0 Å². The van der Waals surface area contributed by atoms with Crippen molar-refractivity contribution in [2.45, 2.75) is 39.2 Å². The Labute approximate surface area is 166 Å². The Hall–Kier alpha value is -2.08. The highest BCUT2D eigenvalue weighted by molar-refractivity contribution is 7.09. The van der Waals surface area contributed by atoms with Crippen LogP contribution in [0, 0.1) is 12.8 Å². The van der Waals surface area contributed by atoms with Crippen LogP contribution in [0.4, 0.5) is 5.82 Å². The lowest BCUT2D eigenvalue weighted by atomic mass is 10.0. The van der Waals surface area contributed by atoms with Crippen molar-refractivity contribution < 1.29 is 0 Å². The lowest BCUT2D eigenvalue weighted by Gasteiger charge is -2.34. The van der Waals surface area contributed by atoms with E-state index in [2.05, 4.69) is 69.0 Å². The van der Waals surface area contributed by atoms with Gasteiger partial charge < -0.3 is 15.5 Å². The van der Waals surface area contributed by atoms with Crippen LogP contribution >= 0.6 is 11.3 Å². The van der Waals surface area contributed by atoms with Crippen molar-refractivity contribution in [2.75, 3.05) is 31.6 Å². The van der Waals surface area contributed by atoms with Crippen molar-refractivity contribution in [3.63, 3.8) is 0 Å². The molecule has 1 aliphatic rings. The molecule has 2 aromatic heterocycles. The zero-order valence-corrected chi connectivity index (χ0v) is 17.4. The second-order valence-corrected chi connectivity index (χ2v) is 8.47. The number of pyridine rings is 1. The van der Waals surface area contributed by atoms with Gasteiger partial charge in [-0.05, 0) is 55.2 Å². The first-order valence-corrected chi connectivity index (χ1v) is 10.7. The predicted molar refractivity (Wildman–Crippen MR) is 116 cm³/mol. The minimum atomic E-state index is 0.463. The van der Waals surface area contributed by atoms with Gasteiger partial charge in [-0.15, -0.1) is 11.3 Å². The van der Waals surface area contributed by atoms with E-state index in [-0.39, 0.29) is 0 Å². The van der Waals surface area contributed by atoms with Crippen LogP contribution in [0.5, 0.6) is 0 Å². The molecule has 2 aromatic rings. The molecule has 3 rings (SSSR count). The zero-order valence-electron chi connectivity index (χ0n) is 16.6. The molecule has 6 heteroatoms. The number of aromatic nitrogens is 1. The molecule has 27 heavy (non-hydrogen) atoms. The van der Waals surface area contributed by atoms with Crippen molar-refractivity contribution >= 4 is 23.1 Å². The lowest BCUT2D eigenvalue weighted by molar-refractivity contribution is 0.456. The Morgan fingerprint density at radius 1 is 1.33 bits per heavy atom. The summed E-state index contributed by atoms with van der Waals surface area (Å²) in [6.07, 6.45) is 5.26. The molecule has 1 aliphatic heterocycles. The minimum Gasteiger partial charge on any atom is -0.356 e. The maximum atomic E-state index is 4.55. The summed E-state index contributed by atoms with van der Waals surface area (Å²) in [5, 5.41) is 9.24. The normalized spacial score (nSPS) is 17.0. The van der Waals surface area contributed by atoms with Crippen LogP contribution in [-0.2, 0) is 6.42 Å². The molecule has 0 saturated carbocycles. The number of nitrogens with zero attached hydrogens (tertiary/aromatic N) is 3. The Balaban J connectivity index is 1.41. The highest BCUT2D eigenvalue weighted by Gasteiger charge is 2.21. The molecular weight excluding hydrogens is 354 g/mol. The fraction of sp³-hybridized carbons (Fsp3) is 0.524. The highest BCUT2D eigenvalue weighted by atomic mass is 32.1. The molecule has 1 unspecified atom stereocenters. The number of anilines is 1. The van der Waals surface area contributed by atoms with Gasteiger partial charge in [-0.3, -0.25) is 4.99 Å². The largest absolute Gasteiger partial charge is 0.356 e. The molecule has 0 bridgehead atoms. The number of nitrogens with one attached hydrogen (secondary N) is 2. The average Bonchev–Trinajstić information content (AvgIpc) is 3.19. The number of rotatable bonds is 6. The second kappa shape index (κ2) is 9.74. The van der Waals surface area contributed by atoms with Crippen molar-refractivity contribution in [1.82, 2.24) is 15.6 Å². The number of guanidine groups is 1. The van der Waals surface area contributed by atoms with Crippen molar-refractivity contribution in [3.05, 3.63) is 46.3 Å². The van der Waals surface area contributed by atoms with E-state index in [9.17, 15) is 0 Å². The molecule has 0 aliphatic carbocycles. The fourth-order valence-corrected chi connectivity index (χ4v) is 4.27. The Morgan fingerprint density at radius 3 is 2.78 bits per heavy atom. The monoisotopic (exact) mass is 385 g/mol. The van der Waals surface area contributed by atoms with Gasteiger partial charge in [-0.2, -0.15) is 0 Å². The lowest BCUT2D eigenvalue weighted by Crippen LogP contribution is -2.49. The molecule has 1 fully saturated rings. The third kappa shape index (κ3) is 5.96. The van der Waals surface area contributed by atoms with E-state index in [0.717, 1.165) is 50.7 Å². The van der Waals surface area contributed by atoms with Crippen LogP contribution < -0.4 is 15.5 Å². The number of aryl methyl sites for hydroxylation is 1. The van der Waals surface area contributed by atoms with E-state index >= 15 is 0 Å². The SMILES string of the molecule is CN=C(NCC(C)Cc1cccs1)NC1CCN(c2ccc(C)cn2)CC1. The van der Waals surface area contributed by atoms with E-state index in [4.69, 9.17) is 0 Å². The molecule has 1 atom stereocenters. The number of thiophene rings is 1. The topological polar surface area (TPSA) is 52.6 Å². The van der Waals surface area contributed by atoms with E-state index in [0.29, 0.717) is 12.0 Å². The van der Waals surface area contributed by atoms with Gasteiger partial charge >= 0.3 is 0 Å². The van der Waals surface area contributed by atoms with E-state index in [1.165, 1.54) is 10.4 Å². The summed E-state index contributed by atoms with van der Waals surface area (Å²) < 4.78 is 0. The first kappa shape index (κ1) is 19.7. The van der Waals surface area contributed by atoms with Gasteiger partial charge in [0.25, 0.3) is 0 Å². The zero-order chi connectivity index (χ0) is 19.1. The van der Waals surface area contributed by atoms with Crippen LogP contribution in [-0.4, -0.2) is 43.7 Å². The van der Waals surface area contributed by atoms with E-state index in [1.807, 2.05) is 24.6 Å². The third-order valence-electron chi connectivity index (χ3n) is 5.03. The molecule has 3 heterocycles. The molecule has 0 aromatic carbocycles. The summed E-state index contributed by atoms with van der Waals surface area (Å²) in [5.41, 5.74) is 1.21. The maximum Gasteiger partial charge on any atom is 0.191 e. The van der Waals surface area contributed by atoms with Gasteiger partial charge in [0.2, 0.25) is 0 Å². The van der Waals surface area contributed by atoms with E-state index in [1.54, 1.807) is 0 Å². The summed E-state index contributed by atoms with van der Waals surface area (Å²) in [6.45, 7) is 7.35. The molecular formula is C21H31N5S. The van der Waals surface area contributed by atoms with Crippen molar-refractivity contribution in [2.24, 2.45) is 10.9 Å². The average molecular weight is 386 g/mol. The summed E-state index contributed by atoms with van der Waals surface area (Å²) in [4.78, 5) is 12.8. The van der Waals surface area contributed by atoms with Crippen molar-refractivity contribution in [3.8, 4) is 0 Å². The van der Waals surface area contributed by atoms with Crippen LogP contribution in [0.2, 0.25) is 0 Å². The number of aliphatic imine (C=N–C) groups is 1. The smallest absolute Gasteiger partial charge is 0.191 e.